The fourth-order valence-corrected chi connectivity index (χ4v) is 3.72. The van der Waals surface area contributed by atoms with Crippen LogP contribution in [0.4, 0.5) is 0 Å². The van der Waals surface area contributed by atoms with Gasteiger partial charge in [-0.15, -0.1) is 0 Å². The molecule has 114 valence electrons. The van der Waals surface area contributed by atoms with Crippen LogP contribution in [0.5, 0.6) is 5.75 Å². The van der Waals surface area contributed by atoms with Gasteiger partial charge in [0.2, 0.25) is 10.0 Å². The summed E-state index contributed by atoms with van der Waals surface area (Å²) in [5.74, 6) is -0.407. The van der Waals surface area contributed by atoms with Crippen LogP contribution in [0.25, 0.3) is 0 Å². The monoisotopic (exact) mass is 405 g/mol. The molecule has 10 heteroatoms. The number of hydrogen-bond donors (Lipinski definition) is 1. The molecule has 0 aliphatic rings. The Kier molecular flexibility index (Phi) is 5.85. The second kappa shape index (κ2) is 6.61. The van der Waals surface area contributed by atoms with E-state index in [4.69, 9.17) is 21.5 Å². The summed E-state index contributed by atoms with van der Waals surface area (Å²) in [6.45, 7) is 1.30. The Labute approximate surface area is 131 Å². The van der Waals surface area contributed by atoms with E-state index in [2.05, 4.69) is 15.9 Å². The first-order valence-electron chi connectivity index (χ1n) is 5.42. The van der Waals surface area contributed by atoms with Crippen LogP contribution in [0.15, 0.2) is 21.5 Å². The van der Waals surface area contributed by atoms with E-state index in [1.165, 1.54) is 19.1 Å². The lowest BCUT2D eigenvalue weighted by Gasteiger charge is -2.12. The molecule has 0 aliphatic carbocycles. The van der Waals surface area contributed by atoms with Crippen LogP contribution < -0.4 is 9.88 Å². The summed E-state index contributed by atoms with van der Waals surface area (Å²) in [6.07, 6.45) is 0. The van der Waals surface area contributed by atoms with Gasteiger partial charge in [0, 0.05) is 10.2 Å². The Balaban J connectivity index is 3.07. The van der Waals surface area contributed by atoms with Crippen LogP contribution in [-0.2, 0) is 19.9 Å². The summed E-state index contributed by atoms with van der Waals surface area (Å²) in [5, 5.41) is 5.10. The van der Waals surface area contributed by atoms with Crippen molar-refractivity contribution in [3.63, 3.8) is 0 Å². The zero-order valence-corrected chi connectivity index (χ0v) is 14.4. The fraction of sp³-hybridized carbons (Fsp3) is 0.400. The number of sulfone groups is 1. The normalized spacial score (nSPS) is 12.4. The van der Waals surface area contributed by atoms with Gasteiger partial charge in [0.1, 0.15) is 11.5 Å². The number of hydrogen-bond acceptors (Lipinski definition) is 5. The molecule has 0 radical (unpaired) electrons. The predicted octanol–water partition coefficient (Wildman–Crippen LogP) is 1.56. The molecule has 1 rings (SSSR count). The third kappa shape index (κ3) is 4.88. The maximum atomic E-state index is 11.5. The lowest BCUT2D eigenvalue weighted by atomic mass is 10.3. The Morgan fingerprint density at radius 3 is 2.40 bits per heavy atom. The minimum atomic E-state index is -4.04. The van der Waals surface area contributed by atoms with Gasteiger partial charge in [-0.25, -0.2) is 22.0 Å². The van der Waals surface area contributed by atoms with Gasteiger partial charge in [-0.05, 0) is 12.1 Å². The van der Waals surface area contributed by atoms with Crippen molar-refractivity contribution in [3.8, 4) is 5.75 Å². The molecule has 2 N–H and O–H groups in total. The third-order valence-corrected chi connectivity index (χ3v) is 5.68. The summed E-state index contributed by atoms with van der Waals surface area (Å²) in [5.41, 5.74) is 0. The molecule has 0 aliphatic heterocycles. The summed E-state index contributed by atoms with van der Waals surface area (Å²) >= 11 is 9.00. The molecule has 0 heterocycles. The van der Waals surface area contributed by atoms with Crippen molar-refractivity contribution in [1.82, 2.24) is 0 Å². The quantitative estimate of drug-likeness (QED) is 0.772. The number of halogens is 2. The molecular formula is C10H13BrClNO5S2. The predicted molar refractivity (Wildman–Crippen MR) is 80.3 cm³/mol. The number of primary sulfonamides is 1. The van der Waals surface area contributed by atoms with Gasteiger partial charge in [-0.3, -0.25) is 0 Å². The minimum Gasteiger partial charge on any atom is -0.490 e. The van der Waals surface area contributed by atoms with Gasteiger partial charge in [-0.2, -0.15) is 0 Å². The van der Waals surface area contributed by atoms with Crippen LogP contribution in [-0.4, -0.2) is 34.9 Å². The molecule has 0 saturated heterocycles. The van der Waals surface area contributed by atoms with Gasteiger partial charge < -0.3 is 4.74 Å². The molecule has 0 amide bonds. The van der Waals surface area contributed by atoms with Gasteiger partial charge in [-0.1, -0.05) is 34.5 Å². The van der Waals surface area contributed by atoms with Crippen molar-refractivity contribution in [2.75, 3.05) is 18.1 Å². The van der Waals surface area contributed by atoms with Gasteiger partial charge >= 0.3 is 0 Å². The smallest absolute Gasteiger partial charge is 0.241 e. The molecule has 0 saturated carbocycles. The highest BCUT2D eigenvalue weighted by Crippen LogP contribution is 2.34. The van der Waals surface area contributed by atoms with Crippen molar-refractivity contribution >= 4 is 47.4 Å². The summed E-state index contributed by atoms with van der Waals surface area (Å²) < 4.78 is 51.3. The van der Waals surface area contributed by atoms with Crippen LogP contribution in [0.3, 0.4) is 0 Å². The van der Waals surface area contributed by atoms with E-state index < -0.39 is 19.9 Å². The summed E-state index contributed by atoms with van der Waals surface area (Å²) in [4.78, 5) is -0.300. The molecule has 20 heavy (non-hydrogen) atoms. The fourth-order valence-electron chi connectivity index (χ4n) is 1.30. The first-order chi connectivity index (χ1) is 9.07. The highest BCUT2D eigenvalue weighted by Gasteiger charge is 2.20. The zero-order chi connectivity index (χ0) is 15.6. The number of nitrogens with two attached hydrogens (primary N) is 1. The first kappa shape index (κ1) is 17.7. The Hall–Kier alpha value is -0.350. The Morgan fingerprint density at radius 2 is 1.90 bits per heavy atom. The van der Waals surface area contributed by atoms with Gasteiger partial charge in [0.25, 0.3) is 0 Å². The number of sulfonamides is 1. The number of ether oxygens (including phenoxy) is 1. The molecule has 0 atom stereocenters. The van der Waals surface area contributed by atoms with E-state index in [0.717, 1.165) is 0 Å². The van der Waals surface area contributed by atoms with Crippen LogP contribution >= 0.6 is 27.5 Å². The van der Waals surface area contributed by atoms with Crippen LogP contribution in [0.1, 0.15) is 6.92 Å². The highest BCUT2D eigenvalue weighted by molar-refractivity contribution is 9.10. The molecule has 1 aromatic carbocycles. The highest BCUT2D eigenvalue weighted by atomic mass is 79.9. The van der Waals surface area contributed by atoms with Gasteiger partial charge in [0.15, 0.2) is 15.6 Å². The second-order valence-corrected chi connectivity index (χ2v) is 9.17. The van der Waals surface area contributed by atoms with Crippen molar-refractivity contribution < 1.29 is 21.6 Å². The third-order valence-electron chi connectivity index (χ3n) is 2.36. The van der Waals surface area contributed by atoms with Crippen LogP contribution in [0, 0.1) is 0 Å². The first-order valence-corrected chi connectivity index (χ1v) is 9.96. The SMILES string of the molecule is CCS(=O)(=O)CCOc1c(Cl)cc(Br)cc1S(N)(=O)=O. The van der Waals surface area contributed by atoms with Crippen molar-refractivity contribution in [2.24, 2.45) is 5.14 Å². The topological polar surface area (TPSA) is 104 Å². The van der Waals surface area contributed by atoms with Crippen LogP contribution in [0.2, 0.25) is 5.02 Å². The zero-order valence-electron chi connectivity index (χ0n) is 10.5. The molecule has 1 aromatic rings. The standard InChI is InChI=1S/C10H13BrClNO5S2/c1-2-19(14,15)4-3-18-10-8(12)5-7(11)6-9(10)20(13,16)17/h5-6H,2-4H2,1H3,(H2,13,16,17). The number of rotatable bonds is 6. The van der Waals surface area contributed by atoms with Crippen molar-refractivity contribution in [1.29, 1.82) is 0 Å². The van der Waals surface area contributed by atoms with Gasteiger partial charge in [0.05, 0.1) is 10.8 Å². The molecule has 0 aromatic heterocycles. The largest absolute Gasteiger partial charge is 0.490 e. The minimum absolute atomic E-state index is 0.0214. The van der Waals surface area contributed by atoms with Crippen molar-refractivity contribution in [2.45, 2.75) is 11.8 Å². The van der Waals surface area contributed by atoms with E-state index in [1.807, 2.05) is 0 Å². The van der Waals surface area contributed by atoms with Crippen molar-refractivity contribution in [3.05, 3.63) is 21.6 Å². The average Bonchev–Trinajstić information content (AvgIpc) is 2.30. The summed E-state index contributed by atoms with van der Waals surface area (Å²) in [6, 6.07) is 2.67. The molecular weight excluding hydrogens is 394 g/mol. The lowest BCUT2D eigenvalue weighted by molar-refractivity contribution is 0.332. The lowest BCUT2D eigenvalue weighted by Crippen LogP contribution is -2.18. The van der Waals surface area contributed by atoms with E-state index in [9.17, 15) is 16.8 Å². The summed E-state index contributed by atoms with van der Waals surface area (Å²) in [7, 11) is -7.26. The maximum absolute atomic E-state index is 11.5. The molecule has 0 spiro atoms. The Bertz CT molecular complexity index is 703. The van der Waals surface area contributed by atoms with E-state index in [-0.39, 0.29) is 33.8 Å². The molecule has 6 nitrogen and oxygen atoms in total. The molecule has 0 fully saturated rings. The average molecular weight is 407 g/mol. The molecule has 0 bridgehead atoms. The maximum Gasteiger partial charge on any atom is 0.241 e. The second-order valence-electron chi connectivity index (χ2n) is 3.84. The van der Waals surface area contributed by atoms with E-state index >= 15 is 0 Å². The molecule has 0 unspecified atom stereocenters. The van der Waals surface area contributed by atoms with E-state index in [0.29, 0.717) is 4.47 Å². The Morgan fingerprint density at radius 1 is 1.30 bits per heavy atom. The van der Waals surface area contributed by atoms with E-state index in [1.54, 1.807) is 0 Å². The number of benzene rings is 1.